The van der Waals surface area contributed by atoms with Crippen LogP contribution >= 0.6 is 0 Å². The lowest BCUT2D eigenvalue weighted by atomic mass is 10.1. The van der Waals surface area contributed by atoms with Crippen LogP contribution in [-0.4, -0.2) is 41.0 Å². The van der Waals surface area contributed by atoms with Crippen LogP contribution in [0.4, 0.5) is 0 Å². The molecule has 0 aliphatic carbocycles. The van der Waals surface area contributed by atoms with E-state index in [-0.39, 0.29) is 31.6 Å². The average molecular weight is 275 g/mol. The summed E-state index contributed by atoms with van der Waals surface area (Å²) in [6, 6.07) is 6.95. The van der Waals surface area contributed by atoms with Crippen molar-refractivity contribution in [3.05, 3.63) is 41.5 Å². The van der Waals surface area contributed by atoms with E-state index in [9.17, 15) is 14.4 Å². The van der Waals surface area contributed by atoms with Crippen molar-refractivity contribution >= 4 is 23.9 Å². The number of carboxylic acids is 1. The van der Waals surface area contributed by atoms with E-state index in [0.717, 1.165) is 22.1 Å². The normalized spacial score (nSPS) is 15.9. The first-order chi connectivity index (χ1) is 9.56. The fraction of sp³-hybridized carbons (Fsp3) is 0.214. The summed E-state index contributed by atoms with van der Waals surface area (Å²) >= 11 is 0. The van der Waals surface area contributed by atoms with E-state index in [2.05, 4.69) is 0 Å². The molecule has 1 aliphatic heterocycles. The summed E-state index contributed by atoms with van der Waals surface area (Å²) in [4.78, 5) is 34.7. The van der Waals surface area contributed by atoms with Crippen LogP contribution in [0.1, 0.15) is 11.1 Å². The van der Waals surface area contributed by atoms with Crippen LogP contribution in [0.2, 0.25) is 0 Å². The van der Waals surface area contributed by atoms with Crippen molar-refractivity contribution in [3.8, 4) is 0 Å². The molecular formula is C14H13NO5. The van der Waals surface area contributed by atoms with Crippen molar-refractivity contribution < 1.29 is 24.2 Å². The third kappa shape index (κ3) is 3.52. The minimum Gasteiger partial charge on any atom is -0.478 e. The molecule has 104 valence electrons. The molecule has 0 aromatic heterocycles. The summed E-state index contributed by atoms with van der Waals surface area (Å²) in [6.07, 6.45) is 2.52. The number of ether oxygens (including phenoxy) is 1. The van der Waals surface area contributed by atoms with Crippen molar-refractivity contribution in [2.45, 2.75) is 6.54 Å². The van der Waals surface area contributed by atoms with Gasteiger partial charge in [0, 0.05) is 6.08 Å². The van der Waals surface area contributed by atoms with Gasteiger partial charge in [0.1, 0.15) is 13.2 Å². The standard InChI is InChI=1S/C14H13NO5/c16-12-8-20-9-13(17)15(12)7-11-3-1-10(2-4-11)5-6-14(18)19/h1-6H,7-9H2,(H,18,19). The van der Waals surface area contributed by atoms with Crippen molar-refractivity contribution in [2.24, 2.45) is 0 Å². The molecule has 0 unspecified atom stereocenters. The largest absolute Gasteiger partial charge is 0.478 e. The van der Waals surface area contributed by atoms with E-state index in [0.29, 0.717) is 0 Å². The number of aliphatic carboxylic acids is 1. The highest BCUT2D eigenvalue weighted by molar-refractivity contribution is 5.98. The molecule has 1 fully saturated rings. The molecule has 0 spiro atoms. The van der Waals surface area contributed by atoms with Crippen molar-refractivity contribution in [2.75, 3.05) is 13.2 Å². The number of carboxylic acid groups (broad SMARTS) is 1. The predicted molar refractivity (Wildman–Crippen MR) is 69.5 cm³/mol. The summed E-state index contributed by atoms with van der Waals surface area (Å²) in [5.74, 6) is -1.72. The zero-order valence-corrected chi connectivity index (χ0v) is 10.6. The molecule has 2 amide bonds. The molecule has 1 saturated heterocycles. The maximum atomic E-state index is 11.6. The van der Waals surface area contributed by atoms with Gasteiger partial charge in [0.2, 0.25) is 0 Å². The smallest absolute Gasteiger partial charge is 0.328 e. The molecule has 0 atom stereocenters. The topological polar surface area (TPSA) is 83.9 Å². The molecule has 0 saturated carbocycles. The minimum absolute atomic E-state index is 0.0782. The highest BCUT2D eigenvalue weighted by atomic mass is 16.5. The number of hydrogen-bond donors (Lipinski definition) is 1. The Kier molecular flexibility index (Phi) is 4.27. The average Bonchev–Trinajstić information content (AvgIpc) is 2.42. The molecular weight excluding hydrogens is 262 g/mol. The van der Waals surface area contributed by atoms with Crippen LogP contribution in [0.5, 0.6) is 0 Å². The van der Waals surface area contributed by atoms with E-state index >= 15 is 0 Å². The van der Waals surface area contributed by atoms with Gasteiger partial charge in [-0.1, -0.05) is 24.3 Å². The predicted octanol–water partition coefficient (Wildman–Crippen LogP) is 0.670. The van der Waals surface area contributed by atoms with Crippen LogP contribution in [0.3, 0.4) is 0 Å². The molecule has 0 bridgehead atoms. The maximum Gasteiger partial charge on any atom is 0.328 e. The number of morpholine rings is 1. The Balaban J connectivity index is 2.05. The third-order valence-corrected chi connectivity index (χ3v) is 2.79. The number of imide groups is 1. The lowest BCUT2D eigenvalue weighted by Gasteiger charge is -2.24. The molecule has 6 nitrogen and oxygen atoms in total. The highest BCUT2D eigenvalue weighted by Gasteiger charge is 2.26. The number of amides is 2. The second-order valence-electron chi connectivity index (χ2n) is 4.28. The van der Waals surface area contributed by atoms with Crippen LogP contribution in [-0.2, 0) is 25.7 Å². The first kappa shape index (κ1) is 14.0. The van der Waals surface area contributed by atoms with Crippen LogP contribution < -0.4 is 0 Å². The van der Waals surface area contributed by atoms with E-state index in [4.69, 9.17) is 9.84 Å². The fourth-order valence-corrected chi connectivity index (χ4v) is 1.78. The summed E-state index contributed by atoms with van der Waals surface area (Å²) in [5.41, 5.74) is 1.52. The third-order valence-electron chi connectivity index (χ3n) is 2.79. The monoisotopic (exact) mass is 275 g/mol. The first-order valence-corrected chi connectivity index (χ1v) is 5.97. The van der Waals surface area contributed by atoms with Gasteiger partial charge in [0.05, 0.1) is 6.54 Å². The van der Waals surface area contributed by atoms with Gasteiger partial charge in [-0.3, -0.25) is 14.5 Å². The van der Waals surface area contributed by atoms with E-state index in [1.54, 1.807) is 24.3 Å². The highest BCUT2D eigenvalue weighted by Crippen LogP contribution is 2.11. The van der Waals surface area contributed by atoms with Gasteiger partial charge in [-0.2, -0.15) is 0 Å². The zero-order valence-electron chi connectivity index (χ0n) is 10.6. The molecule has 1 aromatic carbocycles. The number of nitrogens with zero attached hydrogens (tertiary/aromatic N) is 1. The van der Waals surface area contributed by atoms with Gasteiger partial charge < -0.3 is 9.84 Å². The Morgan fingerprint density at radius 3 is 2.35 bits per heavy atom. The number of carbonyl (C=O) groups excluding carboxylic acids is 2. The summed E-state index contributed by atoms with van der Waals surface area (Å²) in [7, 11) is 0. The second-order valence-corrected chi connectivity index (χ2v) is 4.28. The molecule has 1 heterocycles. The van der Waals surface area contributed by atoms with Gasteiger partial charge in [-0.15, -0.1) is 0 Å². The fourth-order valence-electron chi connectivity index (χ4n) is 1.78. The summed E-state index contributed by atoms with van der Waals surface area (Å²) in [5, 5.41) is 8.52. The SMILES string of the molecule is O=C(O)C=Cc1ccc(CN2C(=O)COCC2=O)cc1. The summed E-state index contributed by atoms with van der Waals surface area (Å²) < 4.78 is 4.83. The Hall–Kier alpha value is -2.47. The van der Waals surface area contributed by atoms with Gasteiger partial charge in [0.25, 0.3) is 11.8 Å². The molecule has 0 radical (unpaired) electrons. The van der Waals surface area contributed by atoms with Crippen LogP contribution in [0.15, 0.2) is 30.3 Å². The lowest BCUT2D eigenvalue weighted by Crippen LogP contribution is -2.45. The van der Waals surface area contributed by atoms with Crippen LogP contribution in [0, 0.1) is 0 Å². The first-order valence-electron chi connectivity index (χ1n) is 5.97. The van der Waals surface area contributed by atoms with Gasteiger partial charge in [-0.05, 0) is 17.2 Å². The summed E-state index contributed by atoms with van der Waals surface area (Å²) in [6.45, 7) is 0.0420. The van der Waals surface area contributed by atoms with Crippen LogP contribution in [0.25, 0.3) is 6.08 Å². The maximum absolute atomic E-state index is 11.6. The Morgan fingerprint density at radius 2 is 1.80 bits per heavy atom. The number of benzene rings is 1. The Bertz CT molecular complexity index is 545. The second kappa shape index (κ2) is 6.12. The quantitative estimate of drug-likeness (QED) is 0.645. The van der Waals surface area contributed by atoms with E-state index in [1.807, 2.05) is 0 Å². The molecule has 2 rings (SSSR count). The van der Waals surface area contributed by atoms with E-state index in [1.165, 1.54) is 6.08 Å². The number of rotatable bonds is 4. The van der Waals surface area contributed by atoms with Crippen molar-refractivity contribution in [1.29, 1.82) is 0 Å². The van der Waals surface area contributed by atoms with Gasteiger partial charge >= 0.3 is 5.97 Å². The molecule has 1 aromatic rings. The molecule has 6 heteroatoms. The minimum atomic E-state index is -1.02. The van der Waals surface area contributed by atoms with Crippen molar-refractivity contribution in [3.63, 3.8) is 0 Å². The zero-order chi connectivity index (χ0) is 14.5. The molecule has 20 heavy (non-hydrogen) atoms. The molecule has 1 aliphatic rings. The van der Waals surface area contributed by atoms with Crippen molar-refractivity contribution in [1.82, 2.24) is 4.90 Å². The van der Waals surface area contributed by atoms with Gasteiger partial charge in [-0.25, -0.2) is 4.79 Å². The Labute approximate surface area is 115 Å². The number of hydrogen-bond acceptors (Lipinski definition) is 4. The lowest BCUT2D eigenvalue weighted by molar-refractivity contribution is -0.159. The molecule has 1 N–H and O–H groups in total. The Morgan fingerprint density at radius 1 is 1.20 bits per heavy atom. The van der Waals surface area contributed by atoms with E-state index < -0.39 is 5.97 Å². The number of carbonyl (C=O) groups is 3. The van der Waals surface area contributed by atoms with Gasteiger partial charge in [0.15, 0.2) is 0 Å².